The van der Waals surface area contributed by atoms with Crippen LogP contribution in [-0.2, 0) is 17.8 Å². The van der Waals surface area contributed by atoms with Gasteiger partial charge in [-0.2, -0.15) is 0 Å². The number of carbonyl (C=O) groups is 2. The van der Waals surface area contributed by atoms with Gasteiger partial charge in [0.05, 0.1) is 0 Å². The van der Waals surface area contributed by atoms with Gasteiger partial charge in [-0.15, -0.1) is 0 Å². The zero-order chi connectivity index (χ0) is 19.2. The quantitative estimate of drug-likeness (QED) is 0.791. The maximum atomic E-state index is 13.0. The van der Waals surface area contributed by atoms with E-state index in [1.807, 2.05) is 24.3 Å². The third-order valence-electron chi connectivity index (χ3n) is 4.48. The number of nitrogens with zero attached hydrogens (tertiary/aromatic N) is 2. The Morgan fingerprint density at radius 1 is 1.07 bits per heavy atom. The predicted molar refractivity (Wildman–Crippen MR) is 102 cm³/mol. The molecule has 7 heteroatoms. The van der Waals surface area contributed by atoms with Gasteiger partial charge >= 0.3 is 6.03 Å². The van der Waals surface area contributed by atoms with Crippen molar-refractivity contribution >= 4 is 23.5 Å². The van der Waals surface area contributed by atoms with Crippen LogP contribution in [0, 0.1) is 5.82 Å². The highest BCUT2D eigenvalue weighted by atomic mass is 35.5. The van der Waals surface area contributed by atoms with E-state index in [1.165, 1.54) is 17.0 Å². The molecule has 1 saturated heterocycles. The van der Waals surface area contributed by atoms with Crippen LogP contribution in [0.2, 0.25) is 5.02 Å². The van der Waals surface area contributed by atoms with Crippen LogP contribution >= 0.6 is 11.6 Å². The molecular weight excluding hydrogens is 369 g/mol. The summed E-state index contributed by atoms with van der Waals surface area (Å²) >= 11 is 6.10. The van der Waals surface area contributed by atoms with Crippen LogP contribution < -0.4 is 5.32 Å². The summed E-state index contributed by atoms with van der Waals surface area (Å²) in [6, 6.07) is 13.4. The summed E-state index contributed by atoms with van der Waals surface area (Å²) in [6.07, 6.45) is 0.635. The first-order valence-corrected chi connectivity index (χ1v) is 9.19. The van der Waals surface area contributed by atoms with Crippen LogP contribution in [0.1, 0.15) is 11.1 Å². The molecule has 27 heavy (non-hydrogen) atoms. The Balaban J connectivity index is 1.44. The molecule has 1 aliphatic heterocycles. The van der Waals surface area contributed by atoms with Crippen molar-refractivity contribution in [3.8, 4) is 0 Å². The first-order chi connectivity index (χ1) is 13.0. The van der Waals surface area contributed by atoms with Gasteiger partial charge in [0.25, 0.3) is 0 Å². The summed E-state index contributed by atoms with van der Waals surface area (Å²) in [7, 11) is 0. The van der Waals surface area contributed by atoms with E-state index >= 15 is 0 Å². The number of hydrogen-bond acceptors (Lipinski definition) is 2. The molecule has 3 rings (SSSR count). The van der Waals surface area contributed by atoms with Crippen LogP contribution in [-0.4, -0.2) is 47.9 Å². The predicted octanol–water partition coefficient (Wildman–Crippen LogP) is 3.08. The minimum atomic E-state index is -0.304. The fourth-order valence-corrected chi connectivity index (χ4v) is 3.23. The second kappa shape index (κ2) is 8.86. The molecule has 1 aliphatic rings. The maximum absolute atomic E-state index is 13.0. The SMILES string of the molecule is O=C(CN1CCN(Cc2ccc(F)cc2)C1=O)NCCc1ccccc1Cl. The summed E-state index contributed by atoms with van der Waals surface area (Å²) in [5.74, 6) is -0.499. The van der Waals surface area contributed by atoms with E-state index < -0.39 is 0 Å². The molecule has 0 atom stereocenters. The zero-order valence-electron chi connectivity index (χ0n) is 14.8. The molecule has 2 aromatic carbocycles. The minimum Gasteiger partial charge on any atom is -0.354 e. The lowest BCUT2D eigenvalue weighted by molar-refractivity contribution is -0.121. The average molecular weight is 390 g/mol. The Morgan fingerprint density at radius 2 is 1.78 bits per heavy atom. The Hall–Kier alpha value is -2.60. The molecule has 0 spiro atoms. The van der Waals surface area contributed by atoms with E-state index in [0.717, 1.165) is 11.1 Å². The third-order valence-corrected chi connectivity index (χ3v) is 4.85. The first kappa shape index (κ1) is 19.2. The number of carbonyl (C=O) groups excluding carboxylic acids is 2. The molecule has 0 radical (unpaired) electrons. The summed E-state index contributed by atoms with van der Waals surface area (Å²) in [5.41, 5.74) is 1.83. The van der Waals surface area contributed by atoms with Crippen molar-refractivity contribution in [1.29, 1.82) is 0 Å². The number of amides is 3. The van der Waals surface area contributed by atoms with Crippen LogP contribution in [0.4, 0.5) is 9.18 Å². The molecule has 0 bridgehead atoms. The molecule has 2 aromatic rings. The summed E-state index contributed by atoms with van der Waals surface area (Å²) in [6.45, 7) is 1.94. The Labute approximate surface area is 162 Å². The van der Waals surface area contributed by atoms with Gasteiger partial charge in [0.2, 0.25) is 5.91 Å². The molecule has 142 valence electrons. The number of halogens is 2. The van der Waals surface area contributed by atoms with E-state index in [9.17, 15) is 14.0 Å². The van der Waals surface area contributed by atoms with Gasteiger partial charge in [-0.25, -0.2) is 9.18 Å². The van der Waals surface area contributed by atoms with Crippen molar-refractivity contribution in [1.82, 2.24) is 15.1 Å². The van der Waals surface area contributed by atoms with Crippen molar-refractivity contribution in [2.45, 2.75) is 13.0 Å². The van der Waals surface area contributed by atoms with E-state index in [4.69, 9.17) is 11.6 Å². The second-order valence-electron chi connectivity index (χ2n) is 6.44. The normalized spacial score (nSPS) is 13.9. The third kappa shape index (κ3) is 5.20. The number of benzene rings is 2. The molecule has 1 N–H and O–H groups in total. The molecule has 1 heterocycles. The molecule has 0 aromatic heterocycles. The highest BCUT2D eigenvalue weighted by molar-refractivity contribution is 6.31. The number of nitrogens with one attached hydrogen (secondary N) is 1. The van der Waals surface area contributed by atoms with Crippen molar-refractivity contribution in [2.75, 3.05) is 26.2 Å². The van der Waals surface area contributed by atoms with Gasteiger partial charge in [-0.1, -0.05) is 41.9 Å². The highest BCUT2D eigenvalue weighted by Gasteiger charge is 2.29. The van der Waals surface area contributed by atoms with Crippen LogP contribution in [0.15, 0.2) is 48.5 Å². The number of hydrogen-bond donors (Lipinski definition) is 1. The van der Waals surface area contributed by atoms with Crippen molar-refractivity contribution in [3.05, 3.63) is 70.5 Å². The number of rotatable bonds is 7. The molecular formula is C20H21ClFN3O2. The molecule has 0 unspecified atom stereocenters. The van der Waals surface area contributed by atoms with E-state index in [0.29, 0.717) is 37.6 Å². The largest absolute Gasteiger partial charge is 0.354 e. The highest BCUT2D eigenvalue weighted by Crippen LogP contribution is 2.15. The van der Waals surface area contributed by atoms with Crippen LogP contribution in [0.25, 0.3) is 0 Å². The Bertz CT molecular complexity index is 813. The summed E-state index contributed by atoms with van der Waals surface area (Å²) in [4.78, 5) is 27.7. The van der Waals surface area contributed by atoms with Gasteiger partial charge in [0.1, 0.15) is 12.4 Å². The maximum Gasteiger partial charge on any atom is 0.320 e. The molecule has 5 nitrogen and oxygen atoms in total. The van der Waals surface area contributed by atoms with Gasteiger partial charge in [0, 0.05) is 31.2 Å². The monoisotopic (exact) mass is 389 g/mol. The van der Waals surface area contributed by atoms with Crippen molar-refractivity contribution in [3.63, 3.8) is 0 Å². The first-order valence-electron chi connectivity index (χ1n) is 8.81. The second-order valence-corrected chi connectivity index (χ2v) is 6.85. The number of urea groups is 1. The van der Waals surface area contributed by atoms with E-state index in [-0.39, 0.29) is 24.3 Å². The van der Waals surface area contributed by atoms with Gasteiger partial charge in [-0.3, -0.25) is 4.79 Å². The molecule has 0 saturated carbocycles. The lowest BCUT2D eigenvalue weighted by atomic mass is 10.1. The lowest BCUT2D eigenvalue weighted by Crippen LogP contribution is -2.40. The van der Waals surface area contributed by atoms with Crippen molar-refractivity contribution in [2.24, 2.45) is 0 Å². The zero-order valence-corrected chi connectivity index (χ0v) is 15.6. The fraction of sp³-hybridized carbons (Fsp3) is 0.300. The Kier molecular flexibility index (Phi) is 6.29. The topological polar surface area (TPSA) is 52.7 Å². The summed E-state index contributed by atoms with van der Waals surface area (Å²) < 4.78 is 13.0. The Morgan fingerprint density at radius 3 is 2.52 bits per heavy atom. The van der Waals surface area contributed by atoms with Gasteiger partial charge in [0.15, 0.2) is 0 Å². The minimum absolute atomic E-state index is 0.0290. The van der Waals surface area contributed by atoms with Gasteiger partial charge < -0.3 is 15.1 Å². The van der Waals surface area contributed by atoms with E-state index in [2.05, 4.69) is 5.32 Å². The molecule has 1 fully saturated rings. The van der Waals surface area contributed by atoms with Crippen LogP contribution in [0.5, 0.6) is 0 Å². The summed E-state index contributed by atoms with van der Waals surface area (Å²) in [5, 5.41) is 3.50. The van der Waals surface area contributed by atoms with Crippen LogP contribution in [0.3, 0.4) is 0 Å². The van der Waals surface area contributed by atoms with Crippen molar-refractivity contribution < 1.29 is 14.0 Å². The standard InChI is InChI=1S/C20H21ClFN3O2/c21-18-4-2-1-3-16(18)9-10-23-19(26)14-25-12-11-24(20(25)27)13-15-5-7-17(22)8-6-15/h1-8H,9-14H2,(H,23,26). The molecule has 0 aliphatic carbocycles. The van der Waals surface area contributed by atoms with Gasteiger partial charge in [-0.05, 0) is 35.7 Å². The molecule has 3 amide bonds. The smallest absolute Gasteiger partial charge is 0.320 e. The lowest BCUT2D eigenvalue weighted by Gasteiger charge is -2.18. The fourth-order valence-electron chi connectivity index (χ4n) is 3.00. The average Bonchev–Trinajstić information content (AvgIpc) is 2.98. The van der Waals surface area contributed by atoms with E-state index in [1.54, 1.807) is 17.0 Å².